The van der Waals surface area contributed by atoms with Gasteiger partial charge >= 0.3 is 6.18 Å². The smallest absolute Gasteiger partial charge is 0.366 e. The van der Waals surface area contributed by atoms with Gasteiger partial charge in [-0.25, -0.2) is 14.6 Å². The van der Waals surface area contributed by atoms with E-state index in [-0.39, 0.29) is 22.8 Å². The molecule has 0 spiro atoms. The van der Waals surface area contributed by atoms with Crippen molar-refractivity contribution >= 4 is 5.91 Å². The molecule has 0 atom stereocenters. The number of hydrogen-bond donors (Lipinski definition) is 2. The molecule has 27 heavy (non-hydrogen) atoms. The van der Waals surface area contributed by atoms with Crippen molar-refractivity contribution in [3.05, 3.63) is 52.2 Å². The Morgan fingerprint density at radius 2 is 1.93 bits per heavy atom. The van der Waals surface area contributed by atoms with Crippen molar-refractivity contribution in [2.24, 2.45) is 5.73 Å². The largest absolute Gasteiger partial charge is 0.408 e. The summed E-state index contributed by atoms with van der Waals surface area (Å²) < 4.78 is 39.3. The second kappa shape index (κ2) is 6.67. The number of H-pyrrole nitrogens is 1. The van der Waals surface area contributed by atoms with Gasteiger partial charge in [0.15, 0.2) is 11.6 Å². The summed E-state index contributed by atoms with van der Waals surface area (Å²) in [6.45, 7) is 0.110. The standard InChI is InChI=1S/C16H13F3N6O2/c1-8-21-6-11(15(27)22-8)14-23-13(24-25(14)7-16(17,18)19)10-4-2-9(3-5-10)12(20)26/h2-6H,7H2,1H3,(H2,20,26)(H,21,22,27). The van der Waals surface area contributed by atoms with Crippen molar-refractivity contribution in [1.82, 2.24) is 24.7 Å². The summed E-state index contributed by atoms with van der Waals surface area (Å²) in [6.07, 6.45) is -3.43. The zero-order chi connectivity index (χ0) is 19.8. The van der Waals surface area contributed by atoms with E-state index in [4.69, 9.17) is 5.73 Å². The first-order valence-corrected chi connectivity index (χ1v) is 7.62. The normalized spacial score (nSPS) is 11.6. The van der Waals surface area contributed by atoms with Gasteiger partial charge < -0.3 is 10.7 Å². The molecule has 0 bridgehead atoms. The number of benzene rings is 1. The minimum atomic E-state index is -4.57. The lowest BCUT2D eigenvalue weighted by atomic mass is 10.1. The van der Waals surface area contributed by atoms with Crippen LogP contribution < -0.4 is 11.3 Å². The summed E-state index contributed by atoms with van der Waals surface area (Å²) in [6, 6.07) is 5.72. The highest BCUT2D eigenvalue weighted by molar-refractivity contribution is 5.93. The average Bonchev–Trinajstić information content (AvgIpc) is 2.96. The summed E-state index contributed by atoms with van der Waals surface area (Å²) in [5, 5.41) is 3.87. The SMILES string of the molecule is Cc1ncc(-c2nc(-c3ccc(C(N)=O)cc3)nn2CC(F)(F)F)c(=O)[nH]1. The van der Waals surface area contributed by atoms with Crippen LogP contribution in [0.3, 0.4) is 0 Å². The van der Waals surface area contributed by atoms with E-state index < -0.39 is 24.2 Å². The lowest BCUT2D eigenvalue weighted by Crippen LogP contribution is -2.21. The van der Waals surface area contributed by atoms with Gasteiger partial charge in [-0.1, -0.05) is 12.1 Å². The first kappa shape index (κ1) is 18.3. The van der Waals surface area contributed by atoms with Gasteiger partial charge in [0, 0.05) is 17.3 Å². The Morgan fingerprint density at radius 3 is 2.48 bits per heavy atom. The monoisotopic (exact) mass is 378 g/mol. The fraction of sp³-hybridized carbons (Fsp3) is 0.188. The minimum Gasteiger partial charge on any atom is -0.366 e. The number of alkyl halides is 3. The molecule has 2 heterocycles. The molecule has 3 rings (SSSR count). The van der Waals surface area contributed by atoms with E-state index >= 15 is 0 Å². The maximum absolute atomic E-state index is 12.9. The summed E-state index contributed by atoms with van der Waals surface area (Å²) in [4.78, 5) is 33.6. The Morgan fingerprint density at radius 1 is 1.26 bits per heavy atom. The topological polar surface area (TPSA) is 120 Å². The van der Waals surface area contributed by atoms with Gasteiger partial charge in [-0.15, -0.1) is 0 Å². The van der Waals surface area contributed by atoms with Crippen LogP contribution in [0.5, 0.6) is 0 Å². The average molecular weight is 378 g/mol. The van der Waals surface area contributed by atoms with Crippen LogP contribution in [0.1, 0.15) is 16.2 Å². The van der Waals surface area contributed by atoms with E-state index in [0.29, 0.717) is 16.1 Å². The summed E-state index contributed by atoms with van der Waals surface area (Å²) in [5.41, 5.74) is 4.98. The zero-order valence-corrected chi connectivity index (χ0v) is 13.9. The molecule has 0 aliphatic carbocycles. The van der Waals surface area contributed by atoms with Gasteiger partial charge in [0.25, 0.3) is 5.56 Å². The number of rotatable bonds is 4. The van der Waals surface area contributed by atoms with Crippen molar-refractivity contribution in [2.45, 2.75) is 19.6 Å². The van der Waals surface area contributed by atoms with Crippen molar-refractivity contribution < 1.29 is 18.0 Å². The van der Waals surface area contributed by atoms with E-state index in [1.54, 1.807) is 0 Å². The number of carbonyl (C=O) groups excluding carboxylic acids is 1. The third kappa shape index (κ3) is 4.02. The third-order valence-electron chi connectivity index (χ3n) is 3.60. The fourth-order valence-electron chi connectivity index (χ4n) is 2.37. The molecule has 1 amide bonds. The Labute approximate surface area is 149 Å². The number of nitrogens with two attached hydrogens (primary N) is 1. The Kier molecular flexibility index (Phi) is 4.52. The van der Waals surface area contributed by atoms with Crippen LogP contribution >= 0.6 is 0 Å². The van der Waals surface area contributed by atoms with Crippen LogP contribution in [-0.4, -0.2) is 36.8 Å². The van der Waals surface area contributed by atoms with Gasteiger partial charge in [0.1, 0.15) is 17.9 Å². The number of amides is 1. The number of aromatic amines is 1. The predicted octanol–water partition coefficient (Wildman–Crippen LogP) is 1.67. The lowest BCUT2D eigenvalue weighted by molar-refractivity contribution is -0.142. The van der Waals surface area contributed by atoms with Gasteiger partial charge in [0.05, 0.1) is 0 Å². The molecule has 11 heteroatoms. The number of nitrogens with one attached hydrogen (secondary N) is 1. The van der Waals surface area contributed by atoms with Crippen LogP contribution in [0.25, 0.3) is 22.8 Å². The van der Waals surface area contributed by atoms with Crippen LogP contribution in [0.2, 0.25) is 0 Å². The maximum Gasteiger partial charge on any atom is 0.408 e. The van der Waals surface area contributed by atoms with E-state index in [0.717, 1.165) is 6.20 Å². The highest BCUT2D eigenvalue weighted by Crippen LogP contribution is 2.24. The van der Waals surface area contributed by atoms with Gasteiger partial charge in [0.2, 0.25) is 5.91 Å². The molecular weight excluding hydrogens is 365 g/mol. The molecule has 3 N–H and O–H groups in total. The van der Waals surface area contributed by atoms with E-state index in [1.807, 2.05) is 0 Å². The number of primary amides is 1. The molecule has 0 unspecified atom stereocenters. The van der Waals surface area contributed by atoms with Gasteiger partial charge in [-0.2, -0.15) is 18.3 Å². The number of nitrogens with zero attached hydrogens (tertiary/aromatic N) is 4. The molecule has 2 aromatic heterocycles. The third-order valence-corrected chi connectivity index (χ3v) is 3.60. The molecule has 8 nitrogen and oxygen atoms in total. The minimum absolute atomic E-state index is 0.0368. The van der Waals surface area contributed by atoms with Crippen LogP contribution in [0.4, 0.5) is 13.2 Å². The highest BCUT2D eigenvalue weighted by Gasteiger charge is 2.31. The number of hydrogen-bond acceptors (Lipinski definition) is 5. The second-order valence-corrected chi connectivity index (χ2v) is 5.68. The highest BCUT2D eigenvalue weighted by atomic mass is 19.4. The van der Waals surface area contributed by atoms with Crippen LogP contribution in [-0.2, 0) is 6.54 Å². The first-order chi connectivity index (χ1) is 12.6. The second-order valence-electron chi connectivity index (χ2n) is 5.68. The van der Waals surface area contributed by atoms with E-state index in [9.17, 15) is 22.8 Å². The Hall–Kier alpha value is -3.50. The number of aryl methyl sites for hydroxylation is 1. The predicted molar refractivity (Wildman–Crippen MR) is 88.6 cm³/mol. The van der Waals surface area contributed by atoms with Crippen molar-refractivity contribution in [3.63, 3.8) is 0 Å². The number of aromatic nitrogens is 5. The quantitative estimate of drug-likeness (QED) is 0.716. The fourth-order valence-corrected chi connectivity index (χ4v) is 2.37. The van der Waals surface area contributed by atoms with Crippen LogP contribution in [0.15, 0.2) is 35.3 Å². The molecule has 0 aliphatic rings. The molecule has 1 aromatic carbocycles. The first-order valence-electron chi connectivity index (χ1n) is 7.62. The lowest BCUT2D eigenvalue weighted by Gasteiger charge is -2.08. The van der Waals surface area contributed by atoms with E-state index in [1.165, 1.54) is 31.2 Å². The van der Waals surface area contributed by atoms with Crippen molar-refractivity contribution in [1.29, 1.82) is 0 Å². The summed E-state index contributed by atoms with van der Waals surface area (Å²) in [7, 11) is 0. The van der Waals surface area contributed by atoms with Gasteiger partial charge in [-0.3, -0.25) is 9.59 Å². The van der Waals surface area contributed by atoms with Crippen molar-refractivity contribution in [3.8, 4) is 22.8 Å². The van der Waals surface area contributed by atoms with Crippen molar-refractivity contribution in [2.75, 3.05) is 0 Å². The zero-order valence-electron chi connectivity index (χ0n) is 13.9. The molecule has 0 saturated heterocycles. The summed E-state index contributed by atoms with van der Waals surface area (Å²) in [5.74, 6) is -0.636. The van der Waals surface area contributed by atoms with E-state index in [2.05, 4.69) is 20.1 Å². The van der Waals surface area contributed by atoms with Gasteiger partial charge in [-0.05, 0) is 19.1 Å². The maximum atomic E-state index is 12.9. The molecule has 0 fully saturated rings. The van der Waals surface area contributed by atoms with Crippen LogP contribution in [0, 0.1) is 6.92 Å². The number of carbonyl (C=O) groups is 1. The molecular formula is C16H13F3N6O2. The number of halogens is 3. The summed E-state index contributed by atoms with van der Waals surface area (Å²) >= 11 is 0. The molecule has 3 aromatic rings. The molecule has 0 radical (unpaired) electrons. The molecule has 0 saturated carbocycles. The Balaban J connectivity index is 2.11. The molecule has 140 valence electrons. The Bertz CT molecular complexity index is 1050. The molecule has 0 aliphatic heterocycles.